The number of carbonyl (C=O) groups excluding carboxylic acids is 1. The van der Waals surface area contributed by atoms with Crippen molar-refractivity contribution in [3.63, 3.8) is 0 Å². The molecule has 2 aromatic rings. The van der Waals surface area contributed by atoms with Crippen LogP contribution in [0.3, 0.4) is 0 Å². The summed E-state index contributed by atoms with van der Waals surface area (Å²) in [6.45, 7) is 1.39. The average molecular weight is 371 g/mol. The van der Waals surface area contributed by atoms with Gasteiger partial charge in [-0.1, -0.05) is 11.8 Å². The first-order valence-electron chi connectivity index (χ1n) is 6.73. The van der Waals surface area contributed by atoms with E-state index in [2.05, 4.69) is 36.2 Å². The molecule has 2 aromatic heterocycles. The number of hydrogen-bond acceptors (Lipinski definition) is 5. The molecule has 0 aromatic carbocycles. The van der Waals surface area contributed by atoms with Gasteiger partial charge in [0.2, 0.25) is 5.91 Å². The van der Waals surface area contributed by atoms with E-state index in [1.54, 1.807) is 6.20 Å². The van der Waals surface area contributed by atoms with Crippen LogP contribution in [0.25, 0.3) is 11.2 Å². The number of halogens is 1. The Morgan fingerprint density at radius 1 is 1.62 bits per heavy atom. The summed E-state index contributed by atoms with van der Waals surface area (Å²) in [7, 11) is 0. The normalized spacial score (nSPS) is 18.2. The fourth-order valence-electron chi connectivity index (χ4n) is 2.14. The van der Waals surface area contributed by atoms with Gasteiger partial charge in [0.15, 0.2) is 10.8 Å². The van der Waals surface area contributed by atoms with Gasteiger partial charge in [-0.05, 0) is 34.8 Å². The molecule has 1 aliphatic heterocycles. The second-order valence-corrected chi connectivity index (χ2v) is 6.67. The number of aromatic amines is 1. The zero-order valence-corrected chi connectivity index (χ0v) is 13.7. The van der Waals surface area contributed by atoms with Crippen LogP contribution in [0, 0.1) is 0 Å². The van der Waals surface area contributed by atoms with E-state index in [1.807, 2.05) is 6.07 Å². The molecule has 3 heterocycles. The van der Waals surface area contributed by atoms with Crippen LogP contribution in [-0.4, -0.2) is 45.9 Å². The SMILES string of the molecule is O=C(CSc1nc2ncc(Br)cc2[nH]1)NC[C@@H]1CCCO1. The lowest BCUT2D eigenvalue weighted by molar-refractivity contribution is -0.119. The molecule has 0 aliphatic carbocycles. The number of H-pyrrole nitrogens is 1. The molecule has 0 bridgehead atoms. The topological polar surface area (TPSA) is 79.9 Å². The second kappa shape index (κ2) is 6.76. The van der Waals surface area contributed by atoms with Crippen LogP contribution in [0.5, 0.6) is 0 Å². The smallest absolute Gasteiger partial charge is 0.230 e. The summed E-state index contributed by atoms with van der Waals surface area (Å²) in [5.41, 5.74) is 1.51. The van der Waals surface area contributed by atoms with Crippen LogP contribution >= 0.6 is 27.7 Å². The lowest BCUT2D eigenvalue weighted by atomic mass is 10.2. The van der Waals surface area contributed by atoms with Gasteiger partial charge in [-0.3, -0.25) is 4.79 Å². The van der Waals surface area contributed by atoms with Crippen LogP contribution < -0.4 is 5.32 Å². The standard InChI is InChI=1S/C13H15BrN4O2S/c14-8-4-10-12(16-5-8)18-13(17-10)21-7-11(19)15-6-9-2-1-3-20-9/h4-5,9H,1-3,6-7H2,(H,15,19)(H,16,17,18)/t9-/m0/s1. The fraction of sp³-hybridized carbons (Fsp3) is 0.462. The summed E-state index contributed by atoms with van der Waals surface area (Å²) < 4.78 is 6.36. The third-order valence-electron chi connectivity index (χ3n) is 3.17. The van der Waals surface area contributed by atoms with Crippen molar-refractivity contribution >= 4 is 44.8 Å². The Hall–Kier alpha value is -1.12. The number of nitrogens with zero attached hydrogens (tertiary/aromatic N) is 2. The highest BCUT2D eigenvalue weighted by atomic mass is 79.9. The van der Waals surface area contributed by atoms with Gasteiger partial charge in [0, 0.05) is 23.8 Å². The molecule has 3 rings (SSSR count). The zero-order valence-electron chi connectivity index (χ0n) is 11.3. The van der Waals surface area contributed by atoms with E-state index in [0.717, 1.165) is 29.4 Å². The summed E-state index contributed by atoms with van der Waals surface area (Å²) in [6.07, 6.45) is 3.98. The van der Waals surface area contributed by atoms with Crippen molar-refractivity contribution in [1.82, 2.24) is 20.3 Å². The molecule has 21 heavy (non-hydrogen) atoms. The van der Waals surface area contributed by atoms with Crippen molar-refractivity contribution in [2.45, 2.75) is 24.1 Å². The minimum absolute atomic E-state index is 0.00917. The molecule has 0 radical (unpaired) electrons. The van der Waals surface area contributed by atoms with Crippen molar-refractivity contribution in [3.05, 3.63) is 16.7 Å². The Labute approximate surface area is 134 Å². The lowest BCUT2D eigenvalue weighted by Gasteiger charge is -2.09. The van der Waals surface area contributed by atoms with Crippen LogP contribution in [0.2, 0.25) is 0 Å². The first kappa shape index (κ1) is 14.8. The molecule has 0 spiro atoms. The summed E-state index contributed by atoms with van der Waals surface area (Å²) >= 11 is 4.73. The van der Waals surface area contributed by atoms with Crippen LogP contribution in [-0.2, 0) is 9.53 Å². The molecule has 1 fully saturated rings. The molecule has 0 saturated carbocycles. The van der Waals surface area contributed by atoms with Crippen LogP contribution in [0.15, 0.2) is 21.9 Å². The monoisotopic (exact) mass is 370 g/mol. The molecule has 1 amide bonds. The predicted octanol–water partition coefficient (Wildman–Crippen LogP) is 2.11. The van der Waals surface area contributed by atoms with Crippen LogP contribution in [0.4, 0.5) is 0 Å². The lowest BCUT2D eigenvalue weighted by Crippen LogP contribution is -2.32. The third kappa shape index (κ3) is 3.96. The van der Waals surface area contributed by atoms with E-state index in [1.165, 1.54) is 11.8 Å². The highest BCUT2D eigenvalue weighted by Gasteiger charge is 2.16. The first-order valence-corrected chi connectivity index (χ1v) is 8.51. The van der Waals surface area contributed by atoms with Crippen molar-refractivity contribution in [1.29, 1.82) is 0 Å². The van der Waals surface area contributed by atoms with E-state index >= 15 is 0 Å². The Morgan fingerprint density at radius 2 is 2.52 bits per heavy atom. The van der Waals surface area contributed by atoms with E-state index in [4.69, 9.17) is 4.74 Å². The minimum Gasteiger partial charge on any atom is -0.376 e. The molecular weight excluding hydrogens is 356 g/mol. The molecule has 112 valence electrons. The van der Waals surface area contributed by atoms with E-state index in [-0.39, 0.29) is 12.0 Å². The second-order valence-electron chi connectivity index (χ2n) is 4.79. The highest BCUT2D eigenvalue weighted by Crippen LogP contribution is 2.20. The molecule has 1 saturated heterocycles. The maximum absolute atomic E-state index is 11.8. The number of amides is 1. The number of nitrogens with one attached hydrogen (secondary N) is 2. The molecule has 8 heteroatoms. The number of ether oxygens (including phenoxy) is 1. The Bertz CT molecular complexity index is 642. The largest absolute Gasteiger partial charge is 0.376 e. The number of imidazole rings is 1. The summed E-state index contributed by atoms with van der Waals surface area (Å²) in [5.74, 6) is 0.318. The molecule has 1 aliphatic rings. The highest BCUT2D eigenvalue weighted by molar-refractivity contribution is 9.10. The van der Waals surface area contributed by atoms with E-state index in [0.29, 0.717) is 23.1 Å². The van der Waals surface area contributed by atoms with Gasteiger partial charge in [-0.15, -0.1) is 0 Å². The summed E-state index contributed by atoms with van der Waals surface area (Å²) in [6, 6.07) is 1.91. The summed E-state index contributed by atoms with van der Waals surface area (Å²) in [4.78, 5) is 23.5. The zero-order chi connectivity index (χ0) is 14.7. The predicted molar refractivity (Wildman–Crippen MR) is 84.3 cm³/mol. The maximum atomic E-state index is 11.8. The van der Waals surface area contributed by atoms with Crippen LogP contribution in [0.1, 0.15) is 12.8 Å². The Balaban J connectivity index is 1.49. The van der Waals surface area contributed by atoms with Gasteiger partial charge in [0.05, 0.1) is 17.4 Å². The minimum atomic E-state index is -0.00917. The number of rotatable bonds is 5. The third-order valence-corrected chi connectivity index (χ3v) is 4.48. The first-order chi connectivity index (χ1) is 10.2. The summed E-state index contributed by atoms with van der Waals surface area (Å²) in [5, 5.41) is 3.59. The number of pyridine rings is 1. The molecule has 2 N–H and O–H groups in total. The van der Waals surface area contributed by atoms with E-state index < -0.39 is 0 Å². The van der Waals surface area contributed by atoms with Crippen molar-refractivity contribution in [3.8, 4) is 0 Å². The van der Waals surface area contributed by atoms with Crippen molar-refractivity contribution in [2.75, 3.05) is 18.9 Å². The number of thioether (sulfide) groups is 1. The average Bonchev–Trinajstić information content (AvgIpc) is 3.11. The molecular formula is C13H15BrN4O2S. The van der Waals surface area contributed by atoms with E-state index in [9.17, 15) is 4.79 Å². The quantitative estimate of drug-likeness (QED) is 0.787. The van der Waals surface area contributed by atoms with Gasteiger partial charge < -0.3 is 15.0 Å². The number of aromatic nitrogens is 3. The van der Waals surface area contributed by atoms with Gasteiger partial charge in [-0.25, -0.2) is 9.97 Å². The van der Waals surface area contributed by atoms with Gasteiger partial charge in [-0.2, -0.15) is 0 Å². The number of hydrogen-bond donors (Lipinski definition) is 2. The fourth-order valence-corrected chi connectivity index (χ4v) is 3.17. The van der Waals surface area contributed by atoms with Crippen molar-refractivity contribution < 1.29 is 9.53 Å². The number of carbonyl (C=O) groups is 1. The molecule has 6 nitrogen and oxygen atoms in total. The maximum Gasteiger partial charge on any atom is 0.230 e. The molecule has 0 unspecified atom stereocenters. The number of fused-ring (bicyclic) bond motifs is 1. The van der Waals surface area contributed by atoms with Gasteiger partial charge in [0.1, 0.15) is 0 Å². The Kier molecular flexibility index (Phi) is 4.77. The molecule has 1 atom stereocenters. The van der Waals surface area contributed by atoms with Gasteiger partial charge in [0.25, 0.3) is 0 Å². The van der Waals surface area contributed by atoms with Gasteiger partial charge >= 0.3 is 0 Å². The Morgan fingerprint density at radius 3 is 3.33 bits per heavy atom. The van der Waals surface area contributed by atoms with Crippen molar-refractivity contribution in [2.24, 2.45) is 0 Å².